The molecule has 4 atom stereocenters. The zero-order chi connectivity index (χ0) is 21.1. The average molecular weight is 407 g/mol. The highest BCUT2D eigenvalue weighted by Gasteiger charge is 2.48. The fraction of sp³-hybridized carbons (Fsp3) is 0.318. The van der Waals surface area contributed by atoms with Crippen LogP contribution in [0.1, 0.15) is 17.5 Å². The van der Waals surface area contributed by atoms with Gasteiger partial charge in [0.25, 0.3) is 0 Å². The third-order valence-corrected chi connectivity index (χ3v) is 5.46. The van der Waals surface area contributed by atoms with Gasteiger partial charge in [0.2, 0.25) is 17.7 Å². The van der Waals surface area contributed by atoms with E-state index in [0.29, 0.717) is 6.54 Å². The van der Waals surface area contributed by atoms with Gasteiger partial charge in [0.15, 0.2) is 6.29 Å². The molecule has 2 aliphatic heterocycles. The molecule has 4 rings (SSSR count). The largest absolute Gasteiger partial charge is 0.353 e. The van der Waals surface area contributed by atoms with E-state index in [9.17, 15) is 14.4 Å². The van der Waals surface area contributed by atoms with Crippen molar-refractivity contribution in [1.29, 1.82) is 0 Å². The van der Waals surface area contributed by atoms with E-state index in [-0.39, 0.29) is 24.1 Å². The summed E-state index contributed by atoms with van der Waals surface area (Å²) >= 11 is 0. The van der Waals surface area contributed by atoms with E-state index in [1.807, 2.05) is 61.5 Å². The molecule has 2 saturated heterocycles. The van der Waals surface area contributed by atoms with Crippen LogP contribution in [-0.4, -0.2) is 30.2 Å². The molecule has 0 aliphatic carbocycles. The highest BCUT2D eigenvalue weighted by Crippen LogP contribution is 2.27. The maximum absolute atomic E-state index is 12.9. The van der Waals surface area contributed by atoms with Crippen molar-refractivity contribution in [2.75, 3.05) is 5.32 Å². The number of piperidine rings is 1. The summed E-state index contributed by atoms with van der Waals surface area (Å²) in [6.07, 6.45) is -1.21. The van der Waals surface area contributed by atoms with Crippen LogP contribution in [-0.2, 0) is 20.9 Å². The molecule has 0 spiro atoms. The number of fused-ring (bicyclic) bond motifs is 1. The third-order valence-electron chi connectivity index (χ3n) is 5.46. The van der Waals surface area contributed by atoms with Crippen molar-refractivity contribution in [3.63, 3.8) is 0 Å². The summed E-state index contributed by atoms with van der Waals surface area (Å²) in [5, 5.41) is 14.9. The first kappa shape index (κ1) is 19.9. The van der Waals surface area contributed by atoms with Gasteiger partial charge in [-0.05, 0) is 24.6 Å². The Bertz CT molecular complexity index is 932. The Morgan fingerprint density at radius 1 is 1.03 bits per heavy atom. The van der Waals surface area contributed by atoms with E-state index in [2.05, 4.69) is 26.6 Å². The fourth-order valence-corrected chi connectivity index (χ4v) is 3.89. The van der Waals surface area contributed by atoms with Crippen LogP contribution in [0.5, 0.6) is 0 Å². The second-order valence-corrected chi connectivity index (χ2v) is 7.70. The Labute approximate surface area is 174 Å². The van der Waals surface area contributed by atoms with E-state index >= 15 is 0 Å². The van der Waals surface area contributed by atoms with Gasteiger partial charge in [-0.15, -0.1) is 0 Å². The molecule has 0 bridgehead atoms. The van der Waals surface area contributed by atoms with Crippen LogP contribution in [0, 0.1) is 18.8 Å². The minimum Gasteiger partial charge on any atom is -0.353 e. The number of hydrogen-bond donors (Lipinski definition) is 5. The minimum absolute atomic E-state index is 0.0209. The van der Waals surface area contributed by atoms with Gasteiger partial charge in [0.05, 0.1) is 18.0 Å². The molecule has 156 valence electrons. The Hall–Kier alpha value is -3.39. The summed E-state index contributed by atoms with van der Waals surface area (Å²) in [5.41, 5.74) is 2.91. The van der Waals surface area contributed by atoms with E-state index < -0.39 is 24.3 Å². The molecule has 2 aliphatic rings. The first-order chi connectivity index (χ1) is 14.5. The van der Waals surface area contributed by atoms with Crippen LogP contribution in [0.25, 0.3) is 0 Å². The zero-order valence-corrected chi connectivity index (χ0v) is 16.6. The summed E-state index contributed by atoms with van der Waals surface area (Å²) in [7, 11) is 0. The van der Waals surface area contributed by atoms with Crippen molar-refractivity contribution < 1.29 is 14.4 Å². The Morgan fingerprint density at radius 3 is 2.50 bits per heavy atom. The molecular formula is C22H25N5O3. The Morgan fingerprint density at radius 2 is 1.77 bits per heavy atom. The first-order valence-electron chi connectivity index (χ1n) is 10.0. The molecule has 8 nitrogen and oxygen atoms in total. The number of nitrogens with one attached hydrogen (secondary N) is 5. The maximum Gasteiger partial charge on any atom is 0.229 e. The van der Waals surface area contributed by atoms with Crippen LogP contribution in [0.4, 0.5) is 5.69 Å². The van der Waals surface area contributed by atoms with Gasteiger partial charge in [0, 0.05) is 18.7 Å². The predicted molar refractivity (Wildman–Crippen MR) is 112 cm³/mol. The van der Waals surface area contributed by atoms with E-state index in [4.69, 9.17) is 0 Å². The number of carbonyl (C=O) groups is 3. The van der Waals surface area contributed by atoms with Gasteiger partial charge in [-0.3, -0.25) is 19.7 Å². The van der Waals surface area contributed by atoms with Gasteiger partial charge < -0.3 is 21.3 Å². The molecule has 4 unspecified atom stereocenters. The van der Waals surface area contributed by atoms with Gasteiger partial charge in [-0.25, -0.2) is 0 Å². The maximum atomic E-state index is 12.9. The van der Waals surface area contributed by atoms with E-state index in [0.717, 1.165) is 16.8 Å². The molecule has 5 N–H and O–H groups in total. The zero-order valence-electron chi connectivity index (χ0n) is 16.6. The normalized spacial score (nSPS) is 25.5. The number of carbonyl (C=O) groups excluding carboxylic acids is 3. The van der Waals surface area contributed by atoms with E-state index in [1.54, 1.807) is 0 Å². The summed E-state index contributed by atoms with van der Waals surface area (Å²) in [6.45, 7) is 2.34. The number of hydrogen-bond acceptors (Lipinski definition) is 5. The number of amides is 3. The standard InChI is InChI=1S/C22H25N5O3/c1-13-7-9-15(10-8-13)24-22-26-19-18(21(30)27-22)16(11-17(28)25-19)20(29)23-12-14-5-3-2-4-6-14/h2-10,16,18-19,22,24,26H,11-12H2,1H3,(H,23,29)(H,25,28)(H,27,30). The average Bonchev–Trinajstić information content (AvgIpc) is 2.73. The van der Waals surface area contributed by atoms with Crippen molar-refractivity contribution in [2.45, 2.75) is 32.3 Å². The lowest BCUT2D eigenvalue weighted by molar-refractivity contribution is -0.146. The molecule has 8 heteroatoms. The van der Waals surface area contributed by atoms with Gasteiger partial charge >= 0.3 is 0 Å². The monoisotopic (exact) mass is 407 g/mol. The van der Waals surface area contributed by atoms with Gasteiger partial charge in [0.1, 0.15) is 0 Å². The second-order valence-electron chi connectivity index (χ2n) is 7.70. The molecular weight excluding hydrogens is 382 g/mol. The first-order valence-corrected chi connectivity index (χ1v) is 10.0. The predicted octanol–water partition coefficient (Wildman–Crippen LogP) is 0.805. The minimum atomic E-state index is -0.736. The lowest BCUT2D eigenvalue weighted by atomic mass is 9.81. The van der Waals surface area contributed by atoms with Crippen molar-refractivity contribution >= 4 is 23.4 Å². The summed E-state index contributed by atoms with van der Waals surface area (Å²) in [4.78, 5) is 37.9. The molecule has 0 aromatic heterocycles. The van der Waals surface area contributed by atoms with Crippen LogP contribution in [0.2, 0.25) is 0 Å². The van der Waals surface area contributed by atoms with Crippen molar-refractivity contribution in [3.05, 3.63) is 65.7 Å². The van der Waals surface area contributed by atoms with Crippen molar-refractivity contribution in [2.24, 2.45) is 11.8 Å². The van der Waals surface area contributed by atoms with Crippen molar-refractivity contribution in [1.82, 2.24) is 21.3 Å². The molecule has 0 saturated carbocycles. The molecule has 30 heavy (non-hydrogen) atoms. The lowest BCUT2D eigenvalue weighted by Gasteiger charge is -2.43. The quantitative estimate of drug-likeness (QED) is 0.504. The summed E-state index contributed by atoms with van der Waals surface area (Å²) in [6, 6.07) is 17.3. The lowest BCUT2D eigenvalue weighted by Crippen LogP contribution is -2.72. The highest BCUT2D eigenvalue weighted by atomic mass is 16.2. The van der Waals surface area contributed by atoms with Crippen LogP contribution in [0.15, 0.2) is 54.6 Å². The molecule has 2 aromatic rings. The molecule has 2 fully saturated rings. The topological polar surface area (TPSA) is 111 Å². The van der Waals surface area contributed by atoms with Crippen molar-refractivity contribution in [3.8, 4) is 0 Å². The third kappa shape index (κ3) is 4.44. The summed E-state index contributed by atoms with van der Waals surface area (Å²) < 4.78 is 0. The Kier molecular flexibility index (Phi) is 5.67. The Balaban J connectivity index is 1.42. The molecule has 3 amide bonds. The molecule has 2 aromatic carbocycles. The van der Waals surface area contributed by atoms with E-state index in [1.165, 1.54) is 0 Å². The van der Waals surface area contributed by atoms with Crippen LogP contribution in [0.3, 0.4) is 0 Å². The molecule has 2 heterocycles. The summed E-state index contributed by atoms with van der Waals surface area (Å²) in [5.74, 6) is -2.25. The number of benzene rings is 2. The van der Waals surface area contributed by atoms with Gasteiger partial charge in [-0.1, -0.05) is 48.0 Å². The highest BCUT2D eigenvalue weighted by molar-refractivity contribution is 5.94. The SMILES string of the molecule is Cc1ccc(NC2NC(=O)C3C(NC(=O)CC3C(=O)NCc3ccccc3)N2)cc1. The van der Waals surface area contributed by atoms with Gasteiger partial charge in [-0.2, -0.15) is 0 Å². The second kappa shape index (κ2) is 8.54. The fourth-order valence-electron chi connectivity index (χ4n) is 3.89. The number of aryl methyl sites for hydroxylation is 1. The number of anilines is 1. The smallest absolute Gasteiger partial charge is 0.229 e. The number of rotatable bonds is 5. The van der Waals surface area contributed by atoms with Crippen LogP contribution < -0.4 is 26.6 Å². The van der Waals surface area contributed by atoms with Crippen LogP contribution >= 0.6 is 0 Å². The molecule has 0 radical (unpaired) electrons.